The number of imidazole rings is 1. The number of piperidine rings is 1. The van der Waals surface area contributed by atoms with Crippen molar-refractivity contribution in [1.82, 2.24) is 20.3 Å². The van der Waals surface area contributed by atoms with E-state index in [0.29, 0.717) is 42.6 Å². The van der Waals surface area contributed by atoms with E-state index in [0.717, 1.165) is 0 Å². The van der Waals surface area contributed by atoms with E-state index >= 15 is 0 Å². The second-order valence-corrected chi connectivity index (χ2v) is 6.84. The summed E-state index contributed by atoms with van der Waals surface area (Å²) in [5.41, 5.74) is 0.706. The molecule has 2 atom stereocenters. The number of carboxylic acid groups (broad SMARTS) is 1. The second kappa shape index (κ2) is 8.57. The molecule has 9 nitrogen and oxygen atoms in total. The van der Waals surface area contributed by atoms with Gasteiger partial charge in [0.05, 0.1) is 17.8 Å². The van der Waals surface area contributed by atoms with Crippen molar-refractivity contribution in [3.63, 3.8) is 0 Å². The van der Waals surface area contributed by atoms with E-state index in [4.69, 9.17) is 21.4 Å². The number of amides is 1. The predicted molar refractivity (Wildman–Crippen MR) is 103 cm³/mol. The van der Waals surface area contributed by atoms with Crippen molar-refractivity contribution in [2.24, 2.45) is 0 Å². The van der Waals surface area contributed by atoms with Crippen LogP contribution in [0.5, 0.6) is 0 Å². The fourth-order valence-electron chi connectivity index (χ4n) is 3.21. The largest absolute Gasteiger partial charge is 0.477 e. The lowest BCUT2D eigenvalue weighted by atomic mass is 10.0. The SMILES string of the molecule is CCc1[nH]c(C(=O)N[C@H]2CCN(c3cccc(C(=O)O)n3)C[C@H]2OC)nc1Cl. The van der Waals surface area contributed by atoms with Crippen molar-refractivity contribution in [3.05, 3.63) is 40.6 Å². The van der Waals surface area contributed by atoms with Crippen LogP contribution in [-0.4, -0.2) is 64.3 Å². The minimum Gasteiger partial charge on any atom is -0.477 e. The van der Waals surface area contributed by atoms with Crippen LogP contribution in [0.1, 0.15) is 40.1 Å². The molecule has 150 valence electrons. The Morgan fingerprint density at radius 1 is 1.43 bits per heavy atom. The van der Waals surface area contributed by atoms with Crippen LogP contribution >= 0.6 is 11.6 Å². The van der Waals surface area contributed by atoms with Gasteiger partial charge in [-0.05, 0) is 25.0 Å². The monoisotopic (exact) mass is 407 g/mol. The number of nitrogens with zero attached hydrogens (tertiary/aromatic N) is 3. The van der Waals surface area contributed by atoms with Crippen molar-refractivity contribution in [2.75, 3.05) is 25.1 Å². The van der Waals surface area contributed by atoms with Gasteiger partial charge in [-0.25, -0.2) is 14.8 Å². The number of pyridine rings is 1. The van der Waals surface area contributed by atoms with Crippen LogP contribution in [0, 0.1) is 0 Å². The number of aromatic carboxylic acids is 1. The van der Waals surface area contributed by atoms with Crippen molar-refractivity contribution < 1.29 is 19.4 Å². The molecule has 3 N–H and O–H groups in total. The number of hydrogen-bond donors (Lipinski definition) is 3. The van der Waals surface area contributed by atoms with Crippen molar-refractivity contribution in [1.29, 1.82) is 0 Å². The van der Waals surface area contributed by atoms with Gasteiger partial charge in [-0.2, -0.15) is 0 Å². The third-order valence-corrected chi connectivity index (χ3v) is 5.07. The number of aryl methyl sites for hydroxylation is 1. The van der Waals surface area contributed by atoms with E-state index in [2.05, 4.69) is 20.3 Å². The molecule has 3 rings (SSSR count). The number of nitrogens with one attached hydrogen (secondary N) is 2. The first-order valence-corrected chi connectivity index (χ1v) is 9.34. The number of H-pyrrole nitrogens is 1. The number of carboxylic acids is 1. The zero-order valence-electron chi connectivity index (χ0n) is 15.6. The third-order valence-electron chi connectivity index (χ3n) is 4.75. The van der Waals surface area contributed by atoms with E-state index in [-0.39, 0.29) is 29.6 Å². The fraction of sp³-hybridized carbons (Fsp3) is 0.444. The van der Waals surface area contributed by atoms with Crippen LogP contribution in [0.2, 0.25) is 5.15 Å². The molecule has 0 aliphatic carbocycles. The quantitative estimate of drug-likeness (QED) is 0.666. The maximum atomic E-state index is 12.5. The molecule has 2 aromatic heterocycles. The summed E-state index contributed by atoms with van der Waals surface area (Å²) in [6.45, 7) is 2.99. The number of hydrogen-bond acceptors (Lipinski definition) is 6. The second-order valence-electron chi connectivity index (χ2n) is 6.48. The van der Waals surface area contributed by atoms with Gasteiger partial charge < -0.3 is 25.0 Å². The van der Waals surface area contributed by atoms with Crippen LogP contribution in [0.4, 0.5) is 5.82 Å². The Morgan fingerprint density at radius 2 is 2.21 bits per heavy atom. The van der Waals surface area contributed by atoms with E-state index in [1.54, 1.807) is 19.2 Å². The smallest absolute Gasteiger partial charge is 0.354 e. The minimum atomic E-state index is -1.07. The zero-order valence-corrected chi connectivity index (χ0v) is 16.4. The minimum absolute atomic E-state index is 0.0108. The molecule has 10 heteroatoms. The highest BCUT2D eigenvalue weighted by atomic mass is 35.5. The lowest BCUT2D eigenvalue weighted by Gasteiger charge is -2.38. The first-order valence-electron chi connectivity index (χ1n) is 8.96. The van der Waals surface area contributed by atoms with Crippen LogP contribution in [-0.2, 0) is 11.2 Å². The number of halogens is 1. The summed E-state index contributed by atoms with van der Waals surface area (Å²) in [7, 11) is 1.58. The summed E-state index contributed by atoms with van der Waals surface area (Å²) in [6, 6.07) is 4.65. The van der Waals surface area contributed by atoms with Gasteiger partial charge >= 0.3 is 5.97 Å². The summed E-state index contributed by atoms with van der Waals surface area (Å²) in [5.74, 6) is -0.670. The fourth-order valence-corrected chi connectivity index (χ4v) is 3.48. The Balaban J connectivity index is 1.68. The van der Waals surface area contributed by atoms with Gasteiger partial charge in [-0.3, -0.25) is 4.79 Å². The molecule has 1 saturated heterocycles. The van der Waals surface area contributed by atoms with Gasteiger partial charge in [-0.1, -0.05) is 24.6 Å². The molecule has 1 aliphatic heterocycles. The number of carbonyl (C=O) groups is 2. The van der Waals surface area contributed by atoms with Crippen molar-refractivity contribution in [3.8, 4) is 0 Å². The lowest BCUT2D eigenvalue weighted by molar-refractivity contribution is 0.0536. The number of aromatic nitrogens is 3. The van der Waals surface area contributed by atoms with Gasteiger partial charge in [-0.15, -0.1) is 0 Å². The summed E-state index contributed by atoms with van der Waals surface area (Å²) in [6.07, 6.45) is 0.975. The molecule has 28 heavy (non-hydrogen) atoms. The maximum absolute atomic E-state index is 12.5. The standard InChI is InChI=1S/C18H22ClN5O4/c1-3-10-15(19)23-16(21-10)17(25)22-11-7-8-24(9-13(11)28-2)14-6-4-5-12(20-14)18(26)27/h4-6,11,13H,3,7-9H2,1-2H3,(H,21,23)(H,22,25)(H,26,27)/t11-,13+/m0/s1. The molecule has 0 radical (unpaired) electrons. The summed E-state index contributed by atoms with van der Waals surface area (Å²) >= 11 is 6.01. The first-order chi connectivity index (χ1) is 13.4. The molecule has 0 saturated carbocycles. The molecule has 0 aromatic carbocycles. The number of methoxy groups -OCH3 is 1. The number of carbonyl (C=O) groups excluding carboxylic acids is 1. The molecular weight excluding hydrogens is 386 g/mol. The van der Waals surface area contributed by atoms with Crippen molar-refractivity contribution >= 4 is 29.3 Å². The molecule has 0 spiro atoms. The summed E-state index contributed by atoms with van der Waals surface area (Å²) in [5, 5.41) is 12.4. The van der Waals surface area contributed by atoms with Crippen LogP contribution in [0.15, 0.2) is 18.2 Å². The third kappa shape index (κ3) is 4.26. The normalized spacial score (nSPS) is 19.5. The van der Waals surface area contributed by atoms with E-state index < -0.39 is 5.97 Å². The average Bonchev–Trinajstić information content (AvgIpc) is 3.09. The Morgan fingerprint density at radius 3 is 2.86 bits per heavy atom. The number of aromatic amines is 1. The highest BCUT2D eigenvalue weighted by Crippen LogP contribution is 2.21. The number of ether oxygens (including phenoxy) is 1. The van der Waals surface area contributed by atoms with Gasteiger partial charge in [0.25, 0.3) is 5.91 Å². The van der Waals surface area contributed by atoms with Gasteiger partial charge in [0.2, 0.25) is 0 Å². The first kappa shape index (κ1) is 20.1. The molecule has 0 unspecified atom stereocenters. The lowest BCUT2D eigenvalue weighted by Crippen LogP contribution is -2.55. The number of anilines is 1. The van der Waals surface area contributed by atoms with Crippen LogP contribution in [0.3, 0.4) is 0 Å². The Hall–Kier alpha value is -2.65. The van der Waals surface area contributed by atoms with E-state index in [1.165, 1.54) is 6.07 Å². The number of rotatable bonds is 6. The Bertz CT molecular complexity index is 871. The summed E-state index contributed by atoms with van der Waals surface area (Å²) in [4.78, 5) is 36.8. The molecule has 2 aromatic rings. The Kier molecular flexibility index (Phi) is 6.15. The molecule has 1 aliphatic rings. The van der Waals surface area contributed by atoms with E-state index in [1.807, 2.05) is 11.8 Å². The topological polar surface area (TPSA) is 120 Å². The highest BCUT2D eigenvalue weighted by molar-refractivity contribution is 6.30. The highest BCUT2D eigenvalue weighted by Gasteiger charge is 2.32. The van der Waals surface area contributed by atoms with Gasteiger partial charge in [0.1, 0.15) is 5.82 Å². The van der Waals surface area contributed by atoms with Gasteiger partial charge in [0, 0.05) is 20.2 Å². The van der Waals surface area contributed by atoms with Crippen LogP contribution < -0.4 is 10.2 Å². The predicted octanol–water partition coefficient (Wildman–Crippen LogP) is 1.74. The molecule has 0 bridgehead atoms. The summed E-state index contributed by atoms with van der Waals surface area (Å²) < 4.78 is 5.56. The van der Waals surface area contributed by atoms with E-state index in [9.17, 15) is 9.59 Å². The van der Waals surface area contributed by atoms with Gasteiger partial charge in [0.15, 0.2) is 16.7 Å². The molecular formula is C18H22ClN5O4. The Labute approximate surface area is 167 Å². The average molecular weight is 408 g/mol. The zero-order chi connectivity index (χ0) is 20.3. The molecule has 1 amide bonds. The molecule has 3 heterocycles. The molecule has 1 fully saturated rings. The van der Waals surface area contributed by atoms with Crippen LogP contribution in [0.25, 0.3) is 0 Å². The van der Waals surface area contributed by atoms with Crippen molar-refractivity contribution in [2.45, 2.75) is 31.9 Å². The maximum Gasteiger partial charge on any atom is 0.354 e.